The third kappa shape index (κ3) is 2.96. The number of hydrogen-bond acceptors (Lipinski definition) is 2. The molecule has 0 saturated heterocycles. The predicted octanol–water partition coefficient (Wildman–Crippen LogP) is 3.28. The molecule has 0 aliphatic rings. The van der Waals surface area contributed by atoms with Gasteiger partial charge in [0.25, 0.3) is 5.91 Å². The highest BCUT2D eigenvalue weighted by Crippen LogP contribution is 2.24. The van der Waals surface area contributed by atoms with Crippen LogP contribution in [0.3, 0.4) is 0 Å². The molecule has 0 atom stereocenters. The first-order valence-corrected chi connectivity index (χ1v) is 6.51. The Hall–Kier alpha value is -2.36. The summed E-state index contributed by atoms with van der Waals surface area (Å²) in [7, 11) is 1.59. The van der Waals surface area contributed by atoms with E-state index in [1.54, 1.807) is 25.2 Å². The minimum atomic E-state index is -0.278. The smallest absolute Gasteiger partial charge is 0.251 e. The van der Waals surface area contributed by atoms with E-state index in [0.29, 0.717) is 17.8 Å². The Kier molecular flexibility index (Phi) is 4.35. The standard InChI is InChI=1S/C16H17FN2O/c1-3-19-15-9-8-13(10-14(15)17)11-4-6-12(7-5-11)16(20)18-2/h4-10,19H,3H2,1-2H3,(H,18,20). The summed E-state index contributed by atoms with van der Waals surface area (Å²) in [6.45, 7) is 2.60. The molecule has 2 aromatic carbocycles. The minimum Gasteiger partial charge on any atom is -0.383 e. The lowest BCUT2D eigenvalue weighted by Crippen LogP contribution is -2.17. The van der Waals surface area contributed by atoms with Gasteiger partial charge in [0.15, 0.2) is 0 Å². The van der Waals surface area contributed by atoms with Crippen molar-refractivity contribution < 1.29 is 9.18 Å². The number of halogens is 1. The first kappa shape index (κ1) is 14.1. The summed E-state index contributed by atoms with van der Waals surface area (Å²) in [6, 6.07) is 12.1. The van der Waals surface area contributed by atoms with Gasteiger partial charge in [-0.1, -0.05) is 18.2 Å². The van der Waals surface area contributed by atoms with Crippen LogP contribution >= 0.6 is 0 Å². The van der Waals surface area contributed by atoms with Crippen LogP contribution in [-0.4, -0.2) is 19.5 Å². The molecule has 0 aliphatic heterocycles. The Labute approximate surface area is 117 Å². The number of nitrogens with one attached hydrogen (secondary N) is 2. The number of hydrogen-bond donors (Lipinski definition) is 2. The molecule has 0 fully saturated rings. The van der Waals surface area contributed by atoms with Gasteiger partial charge in [-0.25, -0.2) is 4.39 Å². The molecule has 2 rings (SSSR count). The second kappa shape index (κ2) is 6.19. The highest BCUT2D eigenvalue weighted by molar-refractivity contribution is 5.94. The number of anilines is 1. The van der Waals surface area contributed by atoms with Gasteiger partial charge in [0.05, 0.1) is 5.69 Å². The molecule has 2 N–H and O–H groups in total. The lowest BCUT2D eigenvalue weighted by Gasteiger charge is -2.08. The van der Waals surface area contributed by atoms with E-state index in [1.807, 2.05) is 25.1 Å². The molecule has 20 heavy (non-hydrogen) atoms. The number of rotatable bonds is 4. The van der Waals surface area contributed by atoms with Crippen molar-refractivity contribution >= 4 is 11.6 Å². The summed E-state index contributed by atoms with van der Waals surface area (Å²) in [6.07, 6.45) is 0. The van der Waals surface area contributed by atoms with Crippen molar-refractivity contribution in [3.05, 3.63) is 53.8 Å². The maximum absolute atomic E-state index is 13.9. The number of carbonyl (C=O) groups excluding carboxylic acids is 1. The number of carbonyl (C=O) groups is 1. The zero-order valence-corrected chi connectivity index (χ0v) is 11.5. The monoisotopic (exact) mass is 272 g/mol. The van der Waals surface area contributed by atoms with E-state index >= 15 is 0 Å². The van der Waals surface area contributed by atoms with Crippen LogP contribution in [0.1, 0.15) is 17.3 Å². The maximum Gasteiger partial charge on any atom is 0.251 e. The summed E-state index contributed by atoms with van der Waals surface area (Å²) < 4.78 is 13.9. The highest BCUT2D eigenvalue weighted by Gasteiger charge is 2.06. The summed E-state index contributed by atoms with van der Waals surface area (Å²) in [5, 5.41) is 5.52. The second-order valence-electron chi connectivity index (χ2n) is 4.38. The summed E-state index contributed by atoms with van der Waals surface area (Å²) in [5.41, 5.74) is 2.74. The molecule has 0 bridgehead atoms. The van der Waals surface area contributed by atoms with Gasteiger partial charge < -0.3 is 10.6 Å². The Bertz CT molecular complexity index is 608. The number of amides is 1. The molecule has 0 unspecified atom stereocenters. The summed E-state index contributed by atoms with van der Waals surface area (Å²) in [5.74, 6) is -0.412. The van der Waals surface area contributed by atoms with Crippen LogP contribution in [0, 0.1) is 5.82 Å². The van der Waals surface area contributed by atoms with Gasteiger partial charge in [-0.2, -0.15) is 0 Å². The maximum atomic E-state index is 13.9. The molecule has 0 aromatic heterocycles. The molecule has 0 heterocycles. The third-order valence-corrected chi connectivity index (χ3v) is 3.04. The first-order chi connectivity index (χ1) is 9.65. The SMILES string of the molecule is CCNc1ccc(-c2ccc(C(=O)NC)cc2)cc1F. The molecule has 0 radical (unpaired) electrons. The molecular weight excluding hydrogens is 255 g/mol. The molecule has 2 aromatic rings. The Morgan fingerprint density at radius 1 is 1.10 bits per heavy atom. The van der Waals surface area contributed by atoms with E-state index in [2.05, 4.69) is 10.6 Å². The zero-order chi connectivity index (χ0) is 14.5. The van der Waals surface area contributed by atoms with Gasteiger partial charge >= 0.3 is 0 Å². The summed E-state index contributed by atoms with van der Waals surface area (Å²) >= 11 is 0. The normalized spacial score (nSPS) is 10.2. The largest absolute Gasteiger partial charge is 0.383 e. The van der Waals surface area contributed by atoms with Gasteiger partial charge in [0.2, 0.25) is 0 Å². The van der Waals surface area contributed by atoms with Crippen LogP contribution in [0.25, 0.3) is 11.1 Å². The minimum absolute atomic E-state index is 0.134. The van der Waals surface area contributed by atoms with Crippen LogP contribution in [0.2, 0.25) is 0 Å². The molecule has 0 aliphatic carbocycles. The van der Waals surface area contributed by atoms with E-state index in [0.717, 1.165) is 11.1 Å². The van der Waals surface area contributed by atoms with Crippen molar-refractivity contribution in [1.82, 2.24) is 5.32 Å². The second-order valence-corrected chi connectivity index (χ2v) is 4.38. The van der Waals surface area contributed by atoms with Crippen molar-refractivity contribution in [1.29, 1.82) is 0 Å². The van der Waals surface area contributed by atoms with E-state index in [1.165, 1.54) is 6.07 Å². The van der Waals surface area contributed by atoms with Crippen LogP contribution in [0.15, 0.2) is 42.5 Å². The van der Waals surface area contributed by atoms with Crippen molar-refractivity contribution in [2.24, 2.45) is 0 Å². The van der Waals surface area contributed by atoms with E-state index in [4.69, 9.17) is 0 Å². The van der Waals surface area contributed by atoms with Gasteiger partial charge in [-0.05, 0) is 42.3 Å². The number of benzene rings is 2. The van der Waals surface area contributed by atoms with Crippen molar-refractivity contribution in [2.75, 3.05) is 18.9 Å². The molecule has 0 saturated carbocycles. The predicted molar refractivity (Wildman–Crippen MR) is 79.4 cm³/mol. The lowest BCUT2D eigenvalue weighted by atomic mass is 10.0. The topological polar surface area (TPSA) is 41.1 Å². The lowest BCUT2D eigenvalue weighted by molar-refractivity contribution is 0.0963. The quantitative estimate of drug-likeness (QED) is 0.896. The van der Waals surface area contributed by atoms with Crippen LogP contribution in [0.5, 0.6) is 0 Å². The van der Waals surface area contributed by atoms with Crippen LogP contribution < -0.4 is 10.6 Å². The molecule has 104 valence electrons. The van der Waals surface area contributed by atoms with E-state index in [9.17, 15) is 9.18 Å². The fourth-order valence-electron chi connectivity index (χ4n) is 1.99. The van der Waals surface area contributed by atoms with Crippen LogP contribution in [0.4, 0.5) is 10.1 Å². The Morgan fingerprint density at radius 3 is 2.30 bits per heavy atom. The van der Waals surface area contributed by atoms with Gasteiger partial charge in [-0.3, -0.25) is 4.79 Å². The Morgan fingerprint density at radius 2 is 1.75 bits per heavy atom. The van der Waals surface area contributed by atoms with Crippen molar-refractivity contribution in [2.45, 2.75) is 6.92 Å². The van der Waals surface area contributed by atoms with Crippen LogP contribution in [-0.2, 0) is 0 Å². The van der Waals surface area contributed by atoms with Crippen molar-refractivity contribution in [3.8, 4) is 11.1 Å². The fraction of sp³-hybridized carbons (Fsp3) is 0.188. The third-order valence-electron chi connectivity index (χ3n) is 3.04. The van der Waals surface area contributed by atoms with Gasteiger partial charge in [0, 0.05) is 19.2 Å². The zero-order valence-electron chi connectivity index (χ0n) is 11.5. The first-order valence-electron chi connectivity index (χ1n) is 6.51. The summed E-state index contributed by atoms with van der Waals surface area (Å²) in [4.78, 5) is 11.5. The van der Waals surface area contributed by atoms with E-state index < -0.39 is 0 Å². The molecule has 3 nitrogen and oxygen atoms in total. The molecule has 1 amide bonds. The average Bonchev–Trinajstić information content (AvgIpc) is 2.49. The molecule has 0 spiro atoms. The van der Waals surface area contributed by atoms with E-state index in [-0.39, 0.29) is 11.7 Å². The molecule has 4 heteroatoms. The van der Waals surface area contributed by atoms with Crippen molar-refractivity contribution in [3.63, 3.8) is 0 Å². The highest BCUT2D eigenvalue weighted by atomic mass is 19.1. The average molecular weight is 272 g/mol. The fourth-order valence-corrected chi connectivity index (χ4v) is 1.99. The molecular formula is C16H17FN2O. The van der Waals surface area contributed by atoms with Gasteiger partial charge in [-0.15, -0.1) is 0 Å². The van der Waals surface area contributed by atoms with Gasteiger partial charge in [0.1, 0.15) is 5.82 Å². The Balaban J connectivity index is 2.27.